The maximum absolute atomic E-state index is 13.6. The van der Waals surface area contributed by atoms with E-state index in [1.165, 1.54) is 0 Å². The first-order valence-electron chi connectivity index (χ1n) is 5.95. The Bertz CT molecular complexity index is 574. The summed E-state index contributed by atoms with van der Waals surface area (Å²) in [6.07, 6.45) is -0.119. The Morgan fingerprint density at radius 1 is 1.42 bits per heavy atom. The van der Waals surface area contributed by atoms with Crippen molar-refractivity contribution in [2.75, 3.05) is 13.1 Å². The fraction of sp³-hybridized carbons (Fsp3) is 0.500. The van der Waals surface area contributed by atoms with Crippen LogP contribution in [0, 0.1) is 17.6 Å². The minimum atomic E-state index is -4.05. The van der Waals surface area contributed by atoms with Crippen molar-refractivity contribution < 1.29 is 22.3 Å². The van der Waals surface area contributed by atoms with Crippen molar-refractivity contribution in [3.8, 4) is 0 Å². The Morgan fingerprint density at radius 2 is 2.11 bits per heavy atom. The molecule has 1 aliphatic rings. The highest BCUT2D eigenvalue weighted by Gasteiger charge is 2.35. The third-order valence-electron chi connectivity index (χ3n) is 3.38. The summed E-state index contributed by atoms with van der Waals surface area (Å²) in [5.74, 6) is -1.94. The molecule has 1 N–H and O–H groups in total. The van der Waals surface area contributed by atoms with Crippen LogP contribution in [0.4, 0.5) is 8.78 Å². The number of sulfonamides is 1. The van der Waals surface area contributed by atoms with Gasteiger partial charge < -0.3 is 5.11 Å². The zero-order valence-corrected chi connectivity index (χ0v) is 11.2. The van der Waals surface area contributed by atoms with E-state index in [1.807, 2.05) is 0 Å². The lowest BCUT2D eigenvalue weighted by Crippen LogP contribution is -2.31. The molecule has 4 nitrogen and oxygen atoms in total. The molecule has 106 valence electrons. The molecule has 0 bridgehead atoms. The first-order chi connectivity index (χ1) is 8.82. The molecule has 2 unspecified atom stereocenters. The van der Waals surface area contributed by atoms with Crippen molar-refractivity contribution in [2.45, 2.75) is 24.3 Å². The predicted molar refractivity (Wildman–Crippen MR) is 64.9 cm³/mol. The number of aliphatic hydroxyl groups is 1. The second-order valence-electron chi connectivity index (χ2n) is 4.73. The SMILES string of the molecule is CC(O)C1CCN(S(=O)(=O)c2cc(F)ccc2F)C1. The molecule has 0 radical (unpaired) electrons. The van der Waals surface area contributed by atoms with E-state index >= 15 is 0 Å². The van der Waals surface area contributed by atoms with Gasteiger partial charge in [-0.05, 0) is 37.5 Å². The van der Waals surface area contributed by atoms with Gasteiger partial charge in [0.05, 0.1) is 6.10 Å². The molecule has 1 aliphatic heterocycles. The highest BCUT2D eigenvalue weighted by molar-refractivity contribution is 7.89. The van der Waals surface area contributed by atoms with Gasteiger partial charge in [0.1, 0.15) is 16.5 Å². The van der Waals surface area contributed by atoms with Crippen LogP contribution in [0.25, 0.3) is 0 Å². The van der Waals surface area contributed by atoms with E-state index in [1.54, 1.807) is 6.92 Å². The third kappa shape index (κ3) is 2.77. The second kappa shape index (κ2) is 5.15. The fourth-order valence-electron chi connectivity index (χ4n) is 2.18. The Hall–Kier alpha value is -1.05. The van der Waals surface area contributed by atoms with Crippen molar-refractivity contribution in [1.29, 1.82) is 0 Å². The zero-order valence-electron chi connectivity index (χ0n) is 10.4. The van der Waals surface area contributed by atoms with Crippen molar-refractivity contribution in [2.24, 2.45) is 5.92 Å². The van der Waals surface area contributed by atoms with Gasteiger partial charge in [-0.1, -0.05) is 0 Å². The largest absolute Gasteiger partial charge is 0.393 e. The van der Waals surface area contributed by atoms with Crippen LogP contribution in [-0.2, 0) is 10.0 Å². The topological polar surface area (TPSA) is 57.6 Å². The summed E-state index contributed by atoms with van der Waals surface area (Å²) in [7, 11) is -4.05. The van der Waals surface area contributed by atoms with Gasteiger partial charge in [0.15, 0.2) is 0 Å². The van der Waals surface area contributed by atoms with Crippen molar-refractivity contribution in [3.05, 3.63) is 29.8 Å². The smallest absolute Gasteiger partial charge is 0.246 e. The highest BCUT2D eigenvalue weighted by Crippen LogP contribution is 2.27. The summed E-state index contributed by atoms with van der Waals surface area (Å²) in [6, 6.07) is 2.35. The molecule has 0 spiro atoms. The van der Waals surface area contributed by atoms with Crippen molar-refractivity contribution >= 4 is 10.0 Å². The standard InChI is InChI=1S/C12H15F2NO3S/c1-8(16)9-4-5-15(7-9)19(17,18)12-6-10(13)2-3-11(12)14/h2-3,6,8-9,16H,4-5,7H2,1H3. The van der Waals surface area contributed by atoms with Crippen molar-refractivity contribution in [1.82, 2.24) is 4.31 Å². The number of aliphatic hydroxyl groups excluding tert-OH is 1. The molecule has 1 aromatic carbocycles. The number of hydrogen-bond donors (Lipinski definition) is 1. The first-order valence-corrected chi connectivity index (χ1v) is 7.39. The molecular weight excluding hydrogens is 276 g/mol. The van der Waals surface area contributed by atoms with Crippen LogP contribution in [0.15, 0.2) is 23.1 Å². The van der Waals surface area contributed by atoms with E-state index in [9.17, 15) is 22.3 Å². The molecule has 19 heavy (non-hydrogen) atoms. The number of hydrogen-bond acceptors (Lipinski definition) is 3. The minimum Gasteiger partial charge on any atom is -0.393 e. The molecule has 1 fully saturated rings. The lowest BCUT2D eigenvalue weighted by Gasteiger charge is -2.18. The van der Waals surface area contributed by atoms with Crippen LogP contribution >= 0.6 is 0 Å². The van der Waals surface area contributed by atoms with Crippen LogP contribution in [0.3, 0.4) is 0 Å². The minimum absolute atomic E-state index is 0.121. The lowest BCUT2D eigenvalue weighted by atomic mass is 10.0. The average Bonchev–Trinajstić information content (AvgIpc) is 2.82. The van der Waals surface area contributed by atoms with Crippen LogP contribution in [0.1, 0.15) is 13.3 Å². The molecule has 0 amide bonds. The quantitative estimate of drug-likeness (QED) is 0.914. The Morgan fingerprint density at radius 3 is 2.68 bits per heavy atom. The van der Waals surface area contributed by atoms with Gasteiger partial charge in [0.25, 0.3) is 0 Å². The molecular formula is C12H15F2NO3S. The van der Waals surface area contributed by atoms with Gasteiger partial charge in [-0.3, -0.25) is 0 Å². The number of halogens is 2. The van der Waals surface area contributed by atoms with Gasteiger partial charge in [0.2, 0.25) is 10.0 Å². The molecule has 1 aromatic rings. The van der Waals surface area contributed by atoms with Gasteiger partial charge in [-0.2, -0.15) is 4.31 Å². The van der Waals surface area contributed by atoms with Gasteiger partial charge >= 0.3 is 0 Å². The molecule has 2 rings (SSSR count). The molecule has 1 saturated heterocycles. The van der Waals surface area contributed by atoms with Crippen LogP contribution in [-0.4, -0.2) is 37.0 Å². The summed E-state index contributed by atoms with van der Waals surface area (Å²) < 4.78 is 52.1. The monoisotopic (exact) mass is 291 g/mol. The Balaban J connectivity index is 2.31. The van der Waals surface area contributed by atoms with E-state index < -0.39 is 32.7 Å². The summed E-state index contributed by atoms with van der Waals surface area (Å²) in [6.45, 7) is 1.91. The van der Waals surface area contributed by atoms with E-state index in [0.29, 0.717) is 12.5 Å². The second-order valence-corrected chi connectivity index (χ2v) is 6.63. The molecule has 7 heteroatoms. The summed E-state index contributed by atoms with van der Waals surface area (Å²) in [4.78, 5) is -0.654. The van der Waals surface area contributed by atoms with E-state index in [-0.39, 0.29) is 19.0 Å². The first kappa shape index (κ1) is 14.4. The van der Waals surface area contributed by atoms with Gasteiger partial charge in [0, 0.05) is 13.1 Å². The molecule has 1 heterocycles. The average molecular weight is 291 g/mol. The fourth-order valence-corrected chi connectivity index (χ4v) is 3.77. The Kier molecular flexibility index (Phi) is 3.89. The molecule has 0 aromatic heterocycles. The number of nitrogens with zero attached hydrogens (tertiary/aromatic N) is 1. The summed E-state index contributed by atoms with van der Waals surface area (Å²) in [5.41, 5.74) is 0. The molecule has 2 atom stereocenters. The third-order valence-corrected chi connectivity index (χ3v) is 5.26. The predicted octanol–water partition coefficient (Wildman–Crippen LogP) is 1.36. The maximum Gasteiger partial charge on any atom is 0.246 e. The van der Waals surface area contributed by atoms with Crippen molar-refractivity contribution in [3.63, 3.8) is 0 Å². The zero-order chi connectivity index (χ0) is 14.2. The highest BCUT2D eigenvalue weighted by atomic mass is 32.2. The summed E-state index contributed by atoms with van der Waals surface area (Å²) in [5, 5.41) is 9.45. The summed E-state index contributed by atoms with van der Waals surface area (Å²) >= 11 is 0. The van der Waals surface area contributed by atoms with E-state index in [2.05, 4.69) is 0 Å². The lowest BCUT2D eigenvalue weighted by molar-refractivity contribution is 0.133. The van der Waals surface area contributed by atoms with Crippen LogP contribution in [0.2, 0.25) is 0 Å². The Labute approximate surface area is 110 Å². The van der Waals surface area contributed by atoms with Crippen LogP contribution in [0.5, 0.6) is 0 Å². The molecule has 0 saturated carbocycles. The maximum atomic E-state index is 13.6. The van der Waals surface area contributed by atoms with E-state index in [0.717, 1.165) is 16.4 Å². The number of benzene rings is 1. The normalized spacial score (nSPS) is 22.6. The van der Waals surface area contributed by atoms with E-state index in [4.69, 9.17) is 0 Å². The van der Waals surface area contributed by atoms with Gasteiger partial charge in [-0.15, -0.1) is 0 Å². The van der Waals surface area contributed by atoms with Crippen LogP contribution < -0.4 is 0 Å². The molecule has 0 aliphatic carbocycles. The van der Waals surface area contributed by atoms with Gasteiger partial charge in [-0.25, -0.2) is 17.2 Å². The number of rotatable bonds is 3.